The number of hydrogen-bond acceptors (Lipinski definition) is 2. The van der Waals surface area contributed by atoms with Gasteiger partial charge in [-0.25, -0.2) is 5.26 Å². The molecule has 0 spiro atoms. The summed E-state index contributed by atoms with van der Waals surface area (Å²) in [5.41, 5.74) is 3.57. The fourth-order valence-corrected chi connectivity index (χ4v) is 1.50. The summed E-state index contributed by atoms with van der Waals surface area (Å²) in [6.07, 6.45) is 2.00. The van der Waals surface area contributed by atoms with Gasteiger partial charge < -0.3 is 4.89 Å². The lowest BCUT2D eigenvalue weighted by molar-refractivity contribution is -0.138. The average Bonchev–Trinajstić information content (AvgIpc) is 2.14. The Hall–Kier alpha value is -1.02. The Kier molecular flexibility index (Phi) is 3.32. The van der Waals surface area contributed by atoms with E-state index >= 15 is 0 Å². The highest BCUT2D eigenvalue weighted by molar-refractivity contribution is 5.43. The summed E-state index contributed by atoms with van der Waals surface area (Å²) >= 11 is 0. The Morgan fingerprint density at radius 2 is 2.00 bits per heavy atom. The van der Waals surface area contributed by atoms with E-state index in [1.165, 1.54) is 11.1 Å². The van der Waals surface area contributed by atoms with Gasteiger partial charge in [-0.3, -0.25) is 0 Å². The van der Waals surface area contributed by atoms with E-state index in [-0.39, 0.29) is 0 Å². The van der Waals surface area contributed by atoms with Crippen molar-refractivity contribution >= 4 is 0 Å². The van der Waals surface area contributed by atoms with Crippen LogP contribution in [0.25, 0.3) is 0 Å². The van der Waals surface area contributed by atoms with Gasteiger partial charge in [-0.15, -0.1) is 0 Å². The van der Waals surface area contributed by atoms with Crippen LogP contribution in [0.4, 0.5) is 0 Å². The van der Waals surface area contributed by atoms with Crippen molar-refractivity contribution < 1.29 is 10.1 Å². The first-order valence-corrected chi connectivity index (χ1v) is 4.61. The highest BCUT2D eigenvalue weighted by Gasteiger charge is 2.07. The molecule has 0 aromatic heterocycles. The molecule has 0 atom stereocenters. The predicted octanol–water partition coefficient (Wildman–Crippen LogP) is 3.11. The lowest BCUT2D eigenvalue weighted by Crippen LogP contribution is -1.97. The number of aryl methyl sites for hydroxylation is 1. The molecule has 0 aliphatic carbocycles. The van der Waals surface area contributed by atoms with E-state index in [1.807, 2.05) is 12.1 Å². The largest absolute Gasteiger partial charge is 0.340 e. The van der Waals surface area contributed by atoms with E-state index in [2.05, 4.69) is 25.7 Å². The lowest BCUT2D eigenvalue weighted by Gasteiger charge is -2.10. The van der Waals surface area contributed by atoms with Crippen LogP contribution in [0, 0.1) is 13.8 Å². The summed E-state index contributed by atoms with van der Waals surface area (Å²) in [4.78, 5) is 4.33. The molecule has 0 aliphatic heterocycles. The van der Waals surface area contributed by atoms with Crippen LogP contribution in [-0.2, 0) is 6.42 Å². The molecule has 1 aromatic rings. The van der Waals surface area contributed by atoms with Crippen LogP contribution in [0.15, 0.2) is 12.1 Å². The maximum atomic E-state index is 8.66. The molecule has 1 rings (SSSR count). The van der Waals surface area contributed by atoms with Crippen molar-refractivity contribution in [3.63, 3.8) is 0 Å². The molecular formula is C11H16O2. The van der Waals surface area contributed by atoms with Gasteiger partial charge in [0.15, 0.2) is 5.75 Å². The average molecular weight is 180 g/mol. The summed E-state index contributed by atoms with van der Waals surface area (Å²) in [5, 5.41) is 8.66. The monoisotopic (exact) mass is 180 g/mol. The molecular weight excluding hydrogens is 164 g/mol. The number of rotatable bonds is 3. The molecule has 2 nitrogen and oxygen atoms in total. The summed E-state index contributed by atoms with van der Waals surface area (Å²) in [7, 11) is 0. The molecule has 0 saturated heterocycles. The second-order valence-corrected chi connectivity index (χ2v) is 3.33. The molecule has 0 radical (unpaired) electrons. The molecule has 13 heavy (non-hydrogen) atoms. The molecule has 0 fully saturated rings. The van der Waals surface area contributed by atoms with Crippen molar-refractivity contribution in [2.24, 2.45) is 0 Å². The molecule has 0 aliphatic rings. The van der Waals surface area contributed by atoms with E-state index in [0.717, 1.165) is 18.4 Å². The second kappa shape index (κ2) is 4.28. The van der Waals surface area contributed by atoms with Crippen LogP contribution in [0.1, 0.15) is 30.0 Å². The highest BCUT2D eigenvalue weighted by atomic mass is 17.1. The standard InChI is InChI=1S/C11H16O2/c1-4-5-10-9(3)8(2)6-7-11(10)13-12/h6-7,12H,4-5H2,1-3H3. The van der Waals surface area contributed by atoms with E-state index in [1.54, 1.807) is 0 Å². The van der Waals surface area contributed by atoms with Gasteiger partial charge in [0, 0.05) is 5.56 Å². The second-order valence-electron chi connectivity index (χ2n) is 3.33. The summed E-state index contributed by atoms with van der Waals surface area (Å²) in [6.45, 7) is 6.24. The fraction of sp³-hybridized carbons (Fsp3) is 0.455. The predicted molar refractivity (Wildman–Crippen MR) is 53.2 cm³/mol. The van der Waals surface area contributed by atoms with Crippen LogP contribution < -0.4 is 4.89 Å². The minimum Gasteiger partial charge on any atom is -0.340 e. The van der Waals surface area contributed by atoms with Gasteiger partial charge in [0.1, 0.15) is 0 Å². The minimum atomic E-state index is 0.588. The Morgan fingerprint density at radius 1 is 1.31 bits per heavy atom. The maximum Gasteiger partial charge on any atom is 0.168 e. The Balaban J connectivity index is 3.15. The van der Waals surface area contributed by atoms with Gasteiger partial charge in [-0.1, -0.05) is 19.4 Å². The molecule has 72 valence electrons. The Bertz CT molecular complexity index is 292. The van der Waals surface area contributed by atoms with Crippen LogP contribution in [0.5, 0.6) is 5.75 Å². The van der Waals surface area contributed by atoms with Crippen molar-refractivity contribution in [3.8, 4) is 5.75 Å². The first kappa shape index (κ1) is 10.1. The third-order valence-corrected chi connectivity index (χ3v) is 2.42. The first-order valence-electron chi connectivity index (χ1n) is 4.61. The van der Waals surface area contributed by atoms with Gasteiger partial charge in [-0.05, 0) is 37.5 Å². The number of hydrogen-bond donors (Lipinski definition) is 1. The van der Waals surface area contributed by atoms with Crippen molar-refractivity contribution in [2.75, 3.05) is 0 Å². The summed E-state index contributed by atoms with van der Waals surface area (Å²) in [5.74, 6) is 0.588. The van der Waals surface area contributed by atoms with Crippen molar-refractivity contribution in [3.05, 3.63) is 28.8 Å². The zero-order valence-electron chi connectivity index (χ0n) is 8.42. The van der Waals surface area contributed by atoms with Crippen LogP contribution in [0.2, 0.25) is 0 Å². The minimum absolute atomic E-state index is 0.588. The van der Waals surface area contributed by atoms with Gasteiger partial charge >= 0.3 is 0 Å². The first-order chi connectivity index (χ1) is 6.20. The highest BCUT2D eigenvalue weighted by Crippen LogP contribution is 2.25. The Morgan fingerprint density at radius 3 is 2.54 bits per heavy atom. The van der Waals surface area contributed by atoms with Crippen LogP contribution in [-0.4, -0.2) is 5.26 Å². The summed E-state index contributed by atoms with van der Waals surface area (Å²) < 4.78 is 0. The third-order valence-electron chi connectivity index (χ3n) is 2.42. The quantitative estimate of drug-likeness (QED) is 0.572. The molecule has 0 heterocycles. The van der Waals surface area contributed by atoms with Crippen LogP contribution in [0.3, 0.4) is 0 Å². The van der Waals surface area contributed by atoms with Crippen molar-refractivity contribution in [1.82, 2.24) is 0 Å². The van der Waals surface area contributed by atoms with Crippen LogP contribution >= 0.6 is 0 Å². The van der Waals surface area contributed by atoms with E-state index in [4.69, 9.17) is 5.26 Å². The van der Waals surface area contributed by atoms with Gasteiger partial charge in [0.2, 0.25) is 0 Å². The van der Waals surface area contributed by atoms with Gasteiger partial charge in [0.05, 0.1) is 0 Å². The molecule has 0 bridgehead atoms. The normalized spacial score (nSPS) is 10.2. The maximum absolute atomic E-state index is 8.66. The zero-order chi connectivity index (χ0) is 9.84. The SMILES string of the molecule is CCCc1c(OO)ccc(C)c1C. The molecule has 1 aromatic carbocycles. The molecule has 0 amide bonds. The van der Waals surface area contributed by atoms with E-state index < -0.39 is 0 Å². The fourth-order valence-electron chi connectivity index (χ4n) is 1.50. The number of benzene rings is 1. The molecule has 2 heteroatoms. The van der Waals surface area contributed by atoms with E-state index in [0.29, 0.717) is 5.75 Å². The molecule has 0 unspecified atom stereocenters. The Labute approximate surface area is 79.1 Å². The molecule has 1 N–H and O–H groups in total. The zero-order valence-corrected chi connectivity index (χ0v) is 8.42. The smallest absolute Gasteiger partial charge is 0.168 e. The summed E-state index contributed by atoms with van der Waals surface area (Å²) in [6, 6.07) is 3.77. The third kappa shape index (κ3) is 2.01. The van der Waals surface area contributed by atoms with Gasteiger partial charge in [0.25, 0.3) is 0 Å². The molecule has 0 saturated carbocycles. The van der Waals surface area contributed by atoms with Crippen molar-refractivity contribution in [2.45, 2.75) is 33.6 Å². The van der Waals surface area contributed by atoms with Crippen molar-refractivity contribution in [1.29, 1.82) is 0 Å². The van der Waals surface area contributed by atoms with Gasteiger partial charge in [-0.2, -0.15) is 0 Å². The lowest BCUT2D eigenvalue weighted by atomic mass is 9.99. The van der Waals surface area contributed by atoms with E-state index in [9.17, 15) is 0 Å². The topological polar surface area (TPSA) is 29.5 Å².